The average molecular weight is 298 g/mol. The summed E-state index contributed by atoms with van der Waals surface area (Å²) in [7, 11) is 0. The van der Waals surface area contributed by atoms with Gasteiger partial charge >= 0.3 is 6.09 Å². The summed E-state index contributed by atoms with van der Waals surface area (Å²) < 4.78 is 10.8. The lowest BCUT2D eigenvalue weighted by Gasteiger charge is -2.07. The largest absolute Gasteiger partial charge is 0.459 e. The molecule has 0 spiro atoms. The molecule has 0 radical (unpaired) electrons. The quantitative estimate of drug-likeness (QED) is 0.609. The summed E-state index contributed by atoms with van der Waals surface area (Å²) in [6.45, 7) is 2.68. The molecule has 0 aromatic rings. The van der Waals surface area contributed by atoms with Crippen molar-refractivity contribution in [2.45, 2.75) is 13.0 Å². The Labute approximate surface area is 90.0 Å². The van der Waals surface area contributed by atoms with Gasteiger partial charge in [-0.3, -0.25) is 0 Å². The molecule has 6 heteroatoms. The fourth-order valence-electron chi connectivity index (χ4n) is 0.821. The molecule has 13 heavy (non-hydrogen) atoms. The van der Waals surface area contributed by atoms with Gasteiger partial charge in [-0.15, -0.1) is 0 Å². The Balaban J connectivity index is 2.27. The third-order valence-corrected chi connectivity index (χ3v) is 2.36. The van der Waals surface area contributed by atoms with Crippen LogP contribution in [0.25, 0.3) is 0 Å². The van der Waals surface area contributed by atoms with Crippen molar-refractivity contribution in [1.29, 1.82) is 0 Å². The SMILES string of the molecule is CCOC(=O)NC1=NCC(CI)O1. The van der Waals surface area contributed by atoms with Crippen molar-refractivity contribution in [3.05, 3.63) is 0 Å². The molecule has 1 N–H and O–H groups in total. The third kappa shape index (κ3) is 3.37. The van der Waals surface area contributed by atoms with Crippen LogP contribution < -0.4 is 5.32 Å². The highest BCUT2D eigenvalue weighted by Crippen LogP contribution is 2.05. The Kier molecular flexibility index (Phi) is 4.26. The maximum Gasteiger partial charge on any atom is 0.415 e. The fourth-order valence-corrected chi connectivity index (χ4v) is 1.28. The molecule has 1 aliphatic heterocycles. The molecule has 0 aliphatic carbocycles. The summed E-state index contributed by atoms with van der Waals surface area (Å²) in [5.41, 5.74) is 0. The van der Waals surface area contributed by atoms with Crippen LogP contribution in [0.4, 0.5) is 4.79 Å². The molecule has 0 aromatic carbocycles. The van der Waals surface area contributed by atoms with Gasteiger partial charge in [-0.1, -0.05) is 22.6 Å². The van der Waals surface area contributed by atoms with Gasteiger partial charge in [-0.2, -0.15) is 0 Å². The molecule has 1 amide bonds. The van der Waals surface area contributed by atoms with E-state index < -0.39 is 6.09 Å². The lowest BCUT2D eigenvalue weighted by Crippen LogP contribution is -2.32. The molecular formula is C7H11IN2O3. The minimum Gasteiger partial charge on any atom is -0.459 e. The Morgan fingerprint density at radius 1 is 1.92 bits per heavy atom. The predicted molar refractivity (Wildman–Crippen MR) is 56.2 cm³/mol. The van der Waals surface area contributed by atoms with Gasteiger partial charge in [0.25, 0.3) is 6.02 Å². The van der Waals surface area contributed by atoms with Gasteiger partial charge in [0.1, 0.15) is 6.10 Å². The molecular weight excluding hydrogens is 287 g/mol. The molecule has 0 aromatic heterocycles. The predicted octanol–water partition coefficient (Wildman–Crippen LogP) is 0.922. The third-order valence-electron chi connectivity index (χ3n) is 1.37. The van der Waals surface area contributed by atoms with E-state index >= 15 is 0 Å². The number of amidine groups is 1. The van der Waals surface area contributed by atoms with E-state index in [0.717, 1.165) is 4.43 Å². The van der Waals surface area contributed by atoms with E-state index in [4.69, 9.17) is 4.74 Å². The zero-order valence-electron chi connectivity index (χ0n) is 7.25. The number of amides is 1. The molecule has 0 saturated carbocycles. The van der Waals surface area contributed by atoms with Crippen LogP contribution in [0, 0.1) is 0 Å². The fraction of sp³-hybridized carbons (Fsp3) is 0.714. The minimum absolute atomic E-state index is 0.0810. The zero-order valence-corrected chi connectivity index (χ0v) is 9.41. The zero-order chi connectivity index (χ0) is 9.68. The second-order valence-electron chi connectivity index (χ2n) is 2.39. The van der Waals surface area contributed by atoms with Crippen LogP contribution in [0.2, 0.25) is 0 Å². The lowest BCUT2D eigenvalue weighted by molar-refractivity contribution is 0.153. The summed E-state index contributed by atoms with van der Waals surface area (Å²) in [4.78, 5) is 14.9. The molecule has 1 unspecified atom stereocenters. The molecule has 1 rings (SSSR count). The highest BCUT2D eigenvalue weighted by Gasteiger charge is 2.20. The smallest absolute Gasteiger partial charge is 0.415 e. The number of hydrogen-bond donors (Lipinski definition) is 1. The van der Waals surface area contributed by atoms with Gasteiger partial charge in [-0.05, 0) is 6.92 Å². The van der Waals surface area contributed by atoms with Gasteiger partial charge in [-0.25, -0.2) is 15.1 Å². The number of alkyl halides is 1. The van der Waals surface area contributed by atoms with Gasteiger partial charge in [0, 0.05) is 4.43 Å². The Bertz CT molecular complexity index is 220. The molecule has 1 heterocycles. The van der Waals surface area contributed by atoms with Crippen molar-refractivity contribution >= 4 is 34.7 Å². The van der Waals surface area contributed by atoms with Crippen LogP contribution in [-0.4, -0.2) is 35.8 Å². The van der Waals surface area contributed by atoms with Crippen LogP contribution in [0.3, 0.4) is 0 Å². The first-order valence-electron chi connectivity index (χ1n) is 3.97. The number of ether oxygens (including phenoxy) is 2. The van der Waals surface area contributed by atoms with E-state index in [2.05, 4.69) is 37.6 Å². The molecule has 0 bridgehead atoms. The number of carbonyl (C=O) groups is 1. The molecule has 0 saturated heterocycles. The normalized spacial score (nSPS) is 20.5. The number of alkyl carbamates (subject to hydrolysis) is 1. The first kappa shape index (κ1) is 10.6. The van der Waals surface area contributed by atoms with Crippen molar-refractivity contribution in [2.24, 2.45) is 4.99 Å². The summed E-state index contributed by atoms with van der Waals surface area (Å²) in [6, 6.07) is 0.264. The molecule has 5 nitrogen and oxygen atoms in total. The van der Waals surface area contributed by atoms with Crippen LogP contribution in [0.5, 0.6) is 0 Å². The van der Waals surface area contributed by atoms with Crippen molar-refractivity contribution in [1.82, 2.24) is 5.32 Å². The first-order valence-corrected chi connectivity index (χ1v) is 5.49. The van der Waals surface area contributed by atoms with Gasteiger partial charge in [0.2, 0.25) is 0 Å². The van der Waals surface area contributed by atoms with Crippen LogP contribution >= 0.6 is 22.6 Å². The van der Waals surface area contributed by atoms with E-state index in [-0.39, 0.29) is 12.1 Å². The van der Waals surface area contributed by atoms with Crippen LogP contribution in [-0.2, 0) is 9.47 Å². The standard InChI is InChI=1S/C7H11IN2O3/c1-2-12-7(11)10-6-9-4-5(3-8)13-6/h5H,2-4H2,1H3,(H,9,10,11). The lowest BCUT2D eigenvalue weighted by atomic mass is 10.4. The number of halogens is 1. The van der Waals surface area contributed by atoms with Crippen molar-refractivity contribution in [3.8, 4) is 0 Å². The van der Waals surface area contributed by atoms with E-state index in [1.807, 2.05) is 0 Å². The highest BCUT2D eigenvalue weighted by molar-refractivity contribution is 14.1. The minimum atomic E-state index is -0.518. The number of carbonyl (C=O) groups excluding carboxylic acids is 1. The maximum absolute atomic E-state index is 10.9. The van der Waals surface area contributed by atoms with Gasteiger partial charge < -0.3 is 9.47 Å². The summed E-state index contributed by atoms with van der Waals surface area (Å²) in [5.74, 6) is 0. The molecule has 0 fully saturated rings. The van der Waals surface area contributed by atoms with Crippen molar-refractivity contribution in [3.63, 3.8) is 0 Å². The van der Waals surface area contributed by atoms with Crippen molar-refractivity contribution in [2.75, 3.05) is 17.6 Å². The number of rotatable bonds is 2. The number of nitrogens with zero attached hydrogens (tertiary/aromatic N) is 1. The molecule has 74 valence electrons. The van der Waals surface area contributed by atoms with Crippen LogP contribution in [0.1, 0.15) is 6.92 Å². The summed E-state index contributed by atoms with van der Waals surface area (Å²) in [6.07, 6.45) is -0.437. The Hall–Kier alpha value is -0.530. The summed E-state index contributed by atoms with van der Waals surface area (Å²) >= 11 is 2.21. The Morgan fingerprint density at radius 2 is 2.69 bits per heavy atom. The monoisotopic (exact) mass is 298 g/mol. The average Bonchev–Trinajstić information content (AvgIpc) is 2.52. The maximum atomic E-state index is 10.9. The topological polar surface area (TPSA) is 59.9 Å². The van der Waals surface area contributed by atoms with Gasteiger partial charge in [0.05, 0.1) is 13.2 Å². The van der Waals surface area contributed by atoms with Crippen molar-refractivity contribution < 1.29 is 14.3 Å². The number of nitrogens with one attached hydrogen (secondary N) is 1. The number of hydrogen-bond acceptors (Lipinski definition) is 4. The van der Waals surface area contributed by atoms with E-state index in [1.165, 1.54) is 0 Å². The van der Waals surface area contributed by atoms with E-state index in [9.17, 15) is 4.79 Å². The van der Waals surface area contributed by atoms with E-state index in [1.54, 1.807) is 6.92 Å². The second kappa shape index (κ2) is 5.25. The number of aliphatic imine (C=N–C) groups is 1. The summed E-state index contributed by atoms with van der Waals surface area (Å²) in [5, 5.41) is 2.41. The highest BCUT2D eigenvalue weighted by atomic mass is 127. The second-order valence-corrected chi connectivity index (χ2v) is 3.27. The Morgan fingerprint density at radius 3 is 3.23 bits per heavy atom. The van der Waals surface area contributed by atoms with Crippen LogP contribution in [0.15, 0.2) is 4.99 Å². The first-order chi connectivity index (χ1) is 6.26. The van der Waals surface area contributed by atoms with E-state index in [0.29, 0.717) is 13.2 Å². The molecule has 1 aliphatic rings. The molecule has 1 atom stereocenters. The van der Waals surface area contributed by atoms with Gasteiger partial charge in [0.15, 0.2) is 0 Å².